The molecule has 1 N–H and O–H groups in total. The smallest absolute Gasteiger partial charge is 0.261 e. The monoisotopic (exact) mass is 425 g/mol. The summed E-state index contributed by atoms with van der Waals surface area (Å²) in [5.74, 6) is 0.0994. The summed E-state index contributed by atoms with van der Waals surface area (Å²) in [5.41, 5.74) is 0.437. The first-order chi connectivity index (χ1) is 14.4. The van der Waals surface area contributed by atoms with E-state index in [1.807, 2.05) is 30.3 Å². The van der Waals surface area contributed by atoms with Crippen molar-refractivity contribution in [3.63, 3.8) is 0 Å². The van der Waals surface area contributed by atoms with Crippen LogP contribution in [0.4, 0.5) is 0 Å². The van der Waals surface area contributed by atoms with Gasteiger partial charge in [-0.25, -0.2) is 4.98 Å². The Morgan fingerprint density at radius 3 is 2.60 bits per heavy atom. The second kappa shape index (κ2) is 8.58. The lowest BCUT2D eigenvalue weighted by atomic mass is 9.91. The lowest BCUT2D eigenvalue weighted by Crippen LogP contribution is -2.49. The van der Waals surface area contributed by atoms with Crippen LogP contribution < -0.4 is 5.56 Å². The number of carbonyl (C=O) groups is 1. The van der Waals surface area contributed by atoms with Gasteiger partial charge >= 0.3 is 0 Å². The predicted octanol–water partition coefficient (Wildman–Crippen LogP) is 3.04. The largest absolute Gasteiger partial charge is 0.388 e. The van der Waals surface area contributed by atoms with E-state index >= 15 is 0 Å². The molecular formula is C23H24ClN3O3. The minimum absolute atomic E-state index is 0.0994. The van der Waals surface area contributed by atoms with Crippen molar-refractivity contribution >= 4 is 28.4 Å². The topological polar surface area (TPSA) is 75.4 Å². The minimum atomic E-state index is -1.04. The Balaban J connectivity index is 1.37. The van der Waals surface area contributed by atoms with Gasteiger partial charge in [0.25, 0.3) is 5.56 Å². The van der Waals surface area contributed by atoms with Crippen LogP contribution in [0, 0.1) is 0 Å². The molecule has 0 aliphatic carbocycles. The predicted molar refractivity (Wildman–Crippen MR) is 117 cm³/mol. The molecule has 0 unspecified atom stereocenters. The van der Waals surface area contributed by atoms with E-state index in [4.69, 9.17) is 11.6 Å². The van der Waals surface area contributed by atoms with Crippen LogP contribution in [-0.2, 0) is 17.8 Å². The van der Waals surface area contributed by atoms with Crippen LogP contribution in [0.2, 0.25) is 5.02 Å². The molecule has 1 aliphatic heterocycles. The molecule has 156 valence electrons. The van der Waals surface area contributed by atoms with Crippen molar-refractivity contribution in [1.82, 2.24) is 14.5 Å². The van der Waals surface area contributed by atoms with Crippen molar-refractivity contribution in [2.24, 2.45) is 0 Å². The quantitative estimate of drug-likeness (QED) is 0.681. The molecule has 0 bridgehead atoms. The first-order valence-electron chi connectivity index (χ1n) is 10.1. The summed E-state index contributed by atoms with van der Waals surface area (Å²) in [7, 11) is 0. The fourth-order valence-electron chi connectivity index (χ4n) is 3.95. The highest BCUT2D eigenvalue weighted by Crippen LogP contribution is 2.25. The van der Waals surface area contributed by atoms with Gasteiger partial charge in [0.05, 0.1) is 29.4 Å². The van der Waals surface area contributed by atoms with Crippen LogP contribution in [0.5, 0.6) is 0 Å². The first-order valence-corrected chi connectivity index (χ1v) is 10.5. The van der Waals surface area contributed by atoms with Gasteiger partial charge in [0.2, 0.25) is 5.91 Å². The van der Waals surface area contributed by atoms with Gasteiger partial charge in [-0.3, -0.25) is 14.2 Å². The molecule has 2 heterocycles. The zero-order chi connectivity index (χ0) is 21.1. The van der Waals surface area contributed by atoms with Gasteiger partial charge in [-0.15, -0.1) is 0 Å². The Labute approximate surface area is 179 Å². The summed E-state index contributed by atoms with van der Waals surface area (Å²) in [5, 5.41) is 12.0. The number of rotatable bonds is 5. The van der Waals surface area contributed by atoms with Crippen LogP contribution in [0.25, 0.3) is 10.9 Å². The molecule has 1 saturated heterocycles. The van der Waals surface area contributed by atoms with Gasteiger partial charge < -0.3 is 10.0 Å². The fraction of sp³-hybridized carbons (Fsp3) is 0.348. The number of benzene rings is 2. The van der Waals surface area contributed by atoms with Crippen molar-refractivity contribution in [2.75, 3.05) is 13.1 Å². The molecule has 1 amide bonds. The Bertz CT molecular complexity index is 1110. The molecule has 4 rings (SSSR count). The lowest BCUT2D eigenvalue weighted by molar-refractivity contribution is -0.135. The van der Waals surface area contributed by atoms with E-state index in [9.17, 15) is 14.7 Å². The van der Waals surface area contributed by atoms with E-state index < -0.39 is 5.60 Å². The minimum Gasteiger partial charge on any atom is -0.388 e. The molecule has 0 saturated carbocycles. The standard InChI is InChI=1S/C23H24ClN3O3/c24-18-7-8-19-20(14-18)25-16-27(22(19)29)15-23(30)10-12-26(13-11-23)21(28)9-6-17-4-2-1-3-5-17/h1-5,7-8,14,16,30H,6,9-13,15H2. The number of hydrogen-bond acceptors (Lipinski definition) is 4. The van der Waals surface area contributed by atoms with Gasteiger partial charge in [-0.1, -0.05) is 41.9 Å². The average Bonchev–Trinajstić information content (AvgIpc) is 2.75. The highest BCUT2D eigenvalue weighted by Gasteiger charge is 2.34. The Morgan fingerprint density at radius 2 is 1.87 bits per heavy atom. The summed E-state index contributed by atoms with van der Waals surface area (Å²) in [4.78, 5) is 31.4. The zero-order valence-electron chi connectivity index (χ0n) is 16.6. The lowest BCUT2D eigenvalue weighted by Gasteiger charge is -2.38. The zero-order valence-corrected chi connectivity index (χ0v) is 17.4. The Hall–Kier alpha value is -2.70. The number of fused-ring (bicyclic) bond motifs is 1. The number of hydrogen-bond donors (Lipinski definition) is 1. The van der Waals surface area contributed by atoms with Gasteiger partial charge in [0, 0.05) is 24.5 Å². The molecule has 0 spiro atoms. The maximum atomic E-state index is 12.8. The van der Waals surface area contributed by atoms with Crippen LogP contribution >= 0.6 is 11.6 Å². The maximum absolute atomic E-state index is 12.8. The average molecular weight is 426 g/mol. The van der Waals surface area contributed by atoms with Crippen molar-refractivity contribution in [1.29, 1.82) is 0 Å². The summed E-state index contributed by atoms with van der Waals surface area (Å²) in [6.45, 7) is 1.12. The number of halogens is 1. The van der Waals surface area contributed by atoms with E-state index in [2.05, 4.69) is 4.98 Å². The molecule has 7 heteroatoms. The molecule has 1 aliphatic rings. The van der Waals surface area contributed by atoms with Gasteiger partial charge in [-0.05, 0) is 43.0 Å². The second-order valence-electron chi connectivity index (χ2n) is 7.93. The van der Waals surface area contributed by atoms with Crippen LogP contribution in [0.3, 0.4) is 0 Å². The number of aromatic nitrogens is 2. The summed E-state index contributed by atoms with van der Waals surface area (Å²) in [6, 6.07) is 14.9. The molecule has 2 aromatic carbocycles. The van der Waals surface area contributed by atoms with E-state index in [0.717, 1.165) is 5.56 Å². The number of likely N-dealkylation sites (tertiary alicyclic amines) is 1. The molecule has 30 heavy (non-hydrogen) atoms. The molecule has 0 atom stereocenters. The maximum Gasteiger partial charge on any atom is 0.261 e. The third-order valence-corrected chi connectivity index (χ3v) is 6.00. The van der Waals surface area contributed by atoms with E-state index in [-0.39, 0.29) is 18.0 Å². The number of piperidine rings is 1. The second-order valence-corrected chi connectivity index (χ2v) is 8.37. The van der Waals surface area contributed by atoms with Crippen LogP contribution in [0.1, 0.15) is 24.8 Å². The molecule has 3 aromatic rings. The van der Waals surface area contributed by atoms with Crippen LogP contribution in [-0.4, -0.2) is 44.2 Å². The van der Waals surface area contributed by atoms with Crippen molar-refractivity contribution < 1.29 is 9.90 Å². The third kappa shape index (κ3) is 4.55. The van der Waals surface area contributed by atoms with Crippen molar-refractivity contribution in [3.05, 3.63) is 75.8 Å². The Kier molecular flexibility index (Phi) is 5.88. The van der Waals surface area contributed by atoms with Crippen molar-refractivity contribution in [3.8, 4) is 0 Å². The van der Waals surface area contributed by atoms with Gasteiger partial charge in [0.15, 0.2) is 0 Å². The summed E-state index contributed by atoms with van der Waals surface area (Å²) >= 11 is 5.96. The van der Waals surface area contributed by atoms with Gasteiger partial charge in [-0.2, -0.15) is 0 Å². The molecule has 6 nitrogen and oxygen atoms in total. The fourth-order valence-corrected chi connectivity index (χ4v) is 4.11. The van der Waals surface area contributed by atoms with Gasteiger partial charge in [0.1, 0.15) is 0 Å². The van der Waals surface area contributed by atoms with E-state index in [0.29, 0.717) is 54.7 Å². The SMILES string of the molecule is O=C(CCc1ccccc1)N1CCC(O)(Cn2cnc3cc(Cl)ccc3c2=O)CC1. The molecule has 0 radical (unpaired) electrons. The van der Waals surface area contributed by atoms with Crippen molar-refractivity contribution in [2.45, 2.75) is 37.8 Å². The third-order valence-electron chi connectivity index (χ3n) is 5.77. The van der Waals surface area contributed by atoms with Crippen LogP contribution in [0.15, 0.2) is 59.7 Å². The Morgan fingerprint density at radius 1 is 1.13 bits per heavy atom. The van der Waals surface area contributed by atoms with E-state index in [1.165, 1.54) is 10.9 Å². The number of nitrogens with zero attached hydrogens (tertiary/aromatic N) is 3. The molecular weight excluding hydrogens is 402 g/mol. The highest BCUT2D eigenvalue weighted by atomic mass is 35.5. The molecule has 1 aromatic heterocycles. The number of amides is 1. The van der Waals surface area contributed by atoms with E-state index in [1.54, 1.807) is 23.1 Å². The number of carbonyl (C=O) groups excluding carboxylic acids is 1. The highest BCUT2D eigenvalue weighted by molar-refractivity contribution is 6.31. The number of aliphatic hydroxyl groups is 1. The summed E-state index contributed by atoms with van der Waals surface area (Å²) in [6.07, 6.45) is 3.47. The normalized spacial score (nSPS) is 16.0. The first kappa shape index (κ1) is 20.6. The summed E-state index contributed by atoms with van der Waals surface area (Å²) < 4.78 is 1.45. The number of aryl methyl sites for hydroxylation is 1. The molecule has 1 fully saturated rings.